The third-order valence-corrected chi connectivity index (χ3v) is 6.57. The first-order chi connectivity index (χ1) is 16.5. The molecule has 0 radical (unpaired) electrons. The average Bonchev–Trinajstić information content (AvgIpc) is 2.90. The second kappa shape index (κ2) is 10.6. The summed E-state index contributed by atoms with van der Waals surface area (Å²) < 4.78 is 16.3. The van der Waals surface area contributed by atoms with Gasteiger partial charge in [0.2, 0.25) is 11.5 Å². The molecule has 2 heterocycles. The number of nitrogens with zero attached hydrogens (tertiary/aromatic N) is 2. The van der Waals surface area contributed by atoms with Crippen LogP contribution in [0.3, 0.4) is 0 Å². The quantitative estimate of drug-likeness (QED) is 0.369. The molecule has 4 rings (SSSR count). The van der Waals surface area contributed by atoms with Crippen LogP contribution in [0.25, 0.3) is 17.0 Å². The normalized spacial score (nSPS) is 13.8. The standard InChI is InChI=1S/C26H26N2O5S/c1-31-23-16-21-19(24(32-2)25(23)33-3)9-10-20(27-21)22(29)11-6-17-4-7-18(8-5-17)26(30)28-12-14-34-15-13-28/h4-11,16H,12-15H2,1-3H3. The average molecular weight is 479 g/mol. The molecule has 1 aliphatic rings. The van der Waals surface area contributed by atoms with Crippen LogP contribution >= 0.6 is 11.8 Å². The summed E-state index contributed by atoms with van der Waals surface area (Å²) in [4.78, 5) is 31.8. The Morgan fingerprint density at radius 3 is 2.29 bits per heavy atom. The molecule has 2 aromatic carbocycles. The van der Waals surface area contributed by atoms with Crippen LogP contribution in [0.5, 0.6) is 17.2 Å². The SMILES string of the molecule is COc1cc2nc(C(=O)C=Cc3ccc(C(=O)N4CCSCC4)cc3)ccc2c(OC)c1OC. The number of carbonyl (C=O) groups excluding carboxylic acids is 2. The number of carbonyl (C=O) groups is 2. The predicted octanol–water partition coefficient (Wildman–Crippen LogP) is 4.35. The lowest BCUT2D eigenvalue weighted by Gasteiger charge is -2.26. The summed E-state index contributed by atoms with van der Waals surface area (Å²) in [6.45, 7) is 1.56. The molecular formula is C26H26N2O5S. The van der Waals surface area contributed by atoms with Gasteiger partial charge in [0.1, 0.15) is 5.69 Å². The number of allylic oxidation sites excluding steroid dienone is 1. The number of amides is 1. The Morgan fingerprint density at radius 1 is 0.941 bits per heavy atom. The molecule has 1 aliphatic heterocycles. The maximum atomic E-state index is 12.8. The molecule has 0 bridgehead atoms. The molecule has 34 heavy (non-hydrogen) atoms. The zero-order valence-corrected chi connectivity index (χ0v) is 20.2. The summed E-state index contributed by atoms with van der Waals surface area (Å²) in [5.41, 5.74) is 2.35. The van der Waals surface area contributed by atoms with Gasteiger partial charge in [-0.05, 0) is 35.9 Å². The number of pyridine rings is 1. The van der Waals surface area contributed by atoms with Gasteiger partial charge in [0.05, 0.1) is 26.8 Å². The highest BCUT2D eigenvalue weighted by Crippen LogP contribution is 2.42. The fourth-order valence-electron chi connectivity index (χ4n) is 3.83. The van der Waals surface area contributed by atoms with Crippen LogP contribution in [0.15, 0.2) is 48.5 Å². The highest BCUT2D eigenvalue weighted by Gasteiger charge is 2.19. The lowest BCUT2D eigenvalue weighted by atomic mass is 10.1. The fraction of sp³-hybridized carbons (Fsp3) is 0.269. The number of ether oxygens (including phenoxy) is 3. The van der Waals surface area contributed by atoms with Crippen LogP contribution in [0.4, 0.5) is 0 Å². The molecule has 1 fully saturated rings. The van der Waals surface area contributed by atoms with Gasteiger partial charge in [-0.15, -0.1) is 0 Å². The Bertz CT molecular complexity index is 1230. The topological polar surface area (TPSA) is 78.0 Å². The second-order valence-electron chi connectivity index (χ2n) is 7.63. The van der Waals surface area contributed by atoms with Crippen molar-refractivity contribution in [3.8, 4) is 17.2 Å². The van der Waals surface area contributed by atoms with Crippen LogP contribution in [-0.4, -0.2) is 67.5 Å². The Balaban J connectivity index is 1.52. The summed E-state index contributed by atoms with van der Waals surface area (Å²) in [7, 11) is 4.62. The zero-order chi connectivity index (χ0) is 24.1. The van der Waals surface area contributed by atoms with E-state index in [1.54, 1.807) is 43.5 Å². The van der Waals surface area contributed by atoms with E-state index in [9.17, 15) is 9.59 Å². The van der Waals surface area contributed by atoms with E-state index in [0.29, 0.717) is 39.4 Å². The van der Waals surface area contributed by atoms with Crippen LogP contribution in [0.2, 0.25) is 0 Å². The van der Waals surface area contributed by atoms with Crippen molar-refractivity contribution in [2.45, 2.75) is 0 Å². The molecule has 3 aromatic rings. The number of hydrogen-bond acceptors (Lipinski definition) is 7. The van der Waals surface area contributed by atoms with Crippen LogP contribution < -0.4 is 14.2 Å². The van der Waals surface area contributed by atoms with E-state index in [2.05, 4.69) is 4.98 Å². The largest absolute Gasteiger partial charge is 0.493 e. The fourth-order valence-corrected chi connectivity index (χ4v) is 4.73. The van der Waals surface area contributed by atoms with Gasteiger partial charge in [-0.2, -0.15) is 11.8 Å². The summed E-state index contributed by atoms with van der Waals surface area (Å²) in [6.07, 6.45) is 3.19. The van der Waals surface area contributed by atoms with E-state index in [1.807, 2.05) is 28.8 Å². The third-order valence-electron chi connectivity index (χ3n) is 5.63. The van der Waals surface area contributed by atoms with Gasteiger partial charge in [-0.25, -0.2) is 4.98 Å². The number of hydrogen-bond donors (Lipinski definition) is 0. The van der Waals surface area contributed by atoms with Crippen LogP contribution in [0.1, 0.15) is 26.4 Å². The summed E-state index contributed by atoms with van der Waals surface area (Å²) in [5, 5.41) is 0.716. The van der Waals surface area contributed by atoms with Gasteiger partial charge in [0, 0.05) is 41.6 Å². The van der Waals surface area contributed by atoms with Crippen molar-refractivity contribution in [1.29, 1.82) is 0 Å². The van der Waals surface area contributed by atoms with Crippen molar-refractivity contribution >= 4 is 40.4 Å². The van der Waals surface area contributed by atoms with E-state index >= 15 is 0 Å². The molecule has 0 unspecified atom stereocenters. The monoisotopic (exact) mass is 478 g/mol. The van der Waals surface area contributed by atoms with Crippen molar-refractivity contribution in [1.82, 2.24) is 9.88 Å². The number of ketones is 1. The molecule has 0 atom stereocenters. The van der Waals surface area contributed by atoms with E-state index in [-0.39, 0.29) is 11.7 Å². The number of rotatable bonds is 7. The molecule has 176 valence electrons. The van der Waals surface area contributed by atoms with Gasteiger partial charge < -0.3 is 19.1 Å². The highest BCUT2D eigenvalue weighted by atomic mass is 32.2. The number of fused-ring (bicyclic) bond motifs is 1. The Labute approximate surface area is 202 Å². The lowest BCUT2D eigenvalue weighted by Crippen LogP contribution is -2.37. The molecule has 8 heteroatoms. The minimum atomic E-state index is -0.235. The van der Waals surface area contributed by atoms with E-state index < -0.39 is 0 Å². The van der Waals surface area contributed by atoms with Gasteiger partial charge >= 0.3 is 0 Å². The van der Waals surface area contributed by atoms with Crippen LogP contribution in [-0.2, 0) is 0 Å². The molecule has 0 aliphatic carbocycles. The minimum Gasteiger partial charge on any atom is -0.493 e. The molecule has 0 N–H and O–H groups in total. The van der Waals surface area contributed by atoms with Gasteiger partial charge in [-0.1, -0.05) is 18.2 Å². The van der Waals surface area contributed by atoms with Crippen molar-refractivity contribution in [3.63, 3.8) is 0 Å². The molecular weight excluding hydrogens is 452 g/mol. The van der Waals surface area contributed by atoms with Crippen molar-refractivity contribution in [2.75, 3.05) is 45.9 Å². The molecule has 1 amide bonds. The number of methoxy groups -OCH3 is 3. The van der Waals surface area contributed by atoms with E-state index in [4.69, 9.17) is 14.2 Å². The van der Waals surface area contributed by atoms with E-state index in [1.165, 1.54) is 20.3 Å². The van der Waals surface area contributed by atoms with Crippen molar-refractivity contribution < 1.29 is 23.8 Å². The van der Waals surface area contributed by atoms with Crippen molar-refractivity contribution in [3.05, 3.63) is 65.4 Å². The van der Waals surface area contributed by atoms with Crippen molar-refractivity contribution in [2.24, 2.45) is 0 Å². The third kappa shape index (κ3) is 4.87. The molecule has 7 nitrogen and oxygen atoms in total. The van der Waals surface area contributed by atoms with Gasteiger partial charge in [0.15, 0.2) is 11.5 Å². The first kappa shape index (κ1) is 23.6. The number of thioether (sulfide) groups is 1. The first-order valence-corrected chi connectivity index (χ1v) is 12.0. The maximum Gasteiger partial charge on any atom is 0.253 e. The summed E-state index contributed by atoms with van der Waals surface area (Å²) in [5.74, 6) is 3.21. The summed E-state index contributed by atoms with van der Waals surface area (Å²) >= 11 is 1.87. The predicted molar refractivity (Wildman–Crippen MR) is 134 cm³/mol. The molecule has 0 saturated carbocycles. The number of aromatic nitrogens is 1. The maximum absolute atomic E-state index is 12.8. The lowest BCUT2D eigenvalue weighted by molar-refractivity contribution is 0.0772. The number of benzene rings is 2. The minimum absolute atomic E-state index is 0.0507. The Kier molecular flexibility index (Phi) is 7.37. The Morgan fingerprint density at radius 2 is 1.65 bits per heavy atom. The van der Waals surface area contributed by atoms with Gasteiger partial charge in [-0.3, -0.25) is 9.59 Å². The smallest absolute Gasteiger partial charge is 0.253 e. The zero-order valence-electron chi connectivity index (χ0n) is 19.4. The second-order valence-corrected chi connectivity index (χ2v) is 8.86. The molecule has 1 aromatic heterocycles. The van der Waals surface area contributed by atoms with Crippen LogP contribution in [0, 0.1) is 0 Å². The molecule has 1 saturated heterocycles. The van der Waals surface area contributed by atoms with Gasteiger partial charge in [0.25, 0.3) is 5.91 Å². The highest BCUT2D eigenvalue weighted by molar-refractivity contribution is 7.99. The van der Waals surface area contributed by atoms with E-state index in [0.717, 1.165) is 30.2 Å². The first-order valence-electron chi connectivity index (χ1n) is 10.8. The molecule has 0 spiro atoms. The Hall–Kier alpha value is -3.52. The summed E-state index contributed by atoms with van der Waals surface area (Å²) in [6, 6.07) is 12.4.